The Morgan fingerprint density at radius 1 is 0.900 bits per heavy atom. The predicted octanol–water partition coefficient (Wildman–Crippen LogP) is 5.57. The maximum atomic E-state index is 10.9. The maximum Gasteiger partial charge on any atom is 0.213 e. The summed E-state index contributed by atoms with van der Waals surface area (Å²) in [6.45, 7) is 2.41. The molecule has 0 aliphatic carbocycles. The fourth-order valence-electron chi connectivity index (χ4n) is 3.96. The molecule has 2 aliphatic rings. The molecule has 2 heterocycles. The highest BCUT2D eigenvalue weighted by atomic mass is 32.2. The van der Waals surface area contributed by atoms with Crippen molar-refractivity contribution in [3.63, 3.8) is 0 Å². The molecule has 0 aromatic heterocycles. The third-order valence-corrected chi connectivity index (χ3v) is 6.80. The topological polar surface area (TPSA) is 38.8 Å². The van der Waals surface area contributed by atoms with Gasteiger partial charge in [-0.05, 0) is 47.3 Å². The molecule has 30 heavy (non-hydrogen) atoms. The van der Waals surface area contributed by atoms with Crippen LogP contribution in [0.3, 0.4) is 0 Å². The lowest BCUT2D eigenvalue weighted by molar-refractivity contribution is -0.223. The Bertz CT molecular complexity index is 1030. The quantitative estimate of drug-likeness (QED) is 0.410. The first kappa shape index (κ1) is 19.4. The second-order valence-electron chi connectivity index (χ2n) is 7.70. The molecular weight excluding hydrogens is 394 g/mol. The van der Waals surface area contributed by atoms with Gasteiger partial charge in [-0.1, -0.05) is 48.5 Å². The standard InChI is InChI=1S/C25H23NO3S/c27-17-19-6-8-20(9-7-19)21-10-11-24-22(16-21)18-28-25(29-24)12-14-26(15-13-25)30-23-4-2-1-3-5-23/h1-11,16-17H,12-15,18H2. The van der Waals surface area contributed by atoms with Gasteiger partial charge < -0.3 is 9.47 Å². The molecule has 4 nitrogen and oxygen atoms in total. The van der Waals surface area contributed by atoms with E-state index in [9.17, 15) is 4.79 Å². The summed E-state index contributed by atoms with van der Waals surface area (Å²) in [6, 6.07) is 24.3. The highest BCUT2D eigenvalue weighted by Crippen LogP contribution is 2.40. The zero-order valence-electron chi connectivity index (χ0n) is 16.6. The van der Waals surface area contributed by atoms with Crippen LogP contribution in [0.15, 0.2) is 77.7 Å². The Kier molecular flexibility index (Phi) is 5.34. The monoisotopic (exact) mass is 417 g/mol. The summed E-state index contributed by atoms with van der Waals surface area (Å²) >= 11 is 1.80. The molecule has 5 heteroatoms. The van der Waals surface area contributed by atoms with Gasteiger partial charge in [0.15, 0.2) is 0 Å². The normalized spacial score (nSPS) is 17.9. The fourth-order valence-corrected chi connectivity index (χ4v) is 4.90. The van der Waals surface area contributed by atoms with Crippen molar-refractivity contribution in [1.82, 2.24) is 4.31 Å². The summed E-state index contributed by atoms with van der Waals surface area (Å²) in [7, 11) is 0. The molecule has 0 amide bonds. The Hall–Kier alpha value is -2.60. The highest BCUT2D eigenvalue weighted by Gasteiger charge is 2.41. The van der Waals surface area contributed by atoms with Crippen LogP contribution in [0.5, 0.6) is 5.75 Å². The van der Waals surface area contributed by atoms with Gasteiger partial charge in [-0.25, -0.2) is 4.31 Å². The van der Waals surface area contributed by atoms with Gasteiger partial charge in [0.1, 0.15) is 12.0 Å². The Balaban J connectivity index is 1.26. The molecule has 152 valence electrons. The van der Waals surface area contributed by atoms with E-state index in [1.165, 1.54) is 4.90 Å². The van der Waals surface area contributed by atoms with Crippen LogP contribution in [0.2, 0.25) is 0 Å². The van der Waals surface area contributed by atoms with E-state index < -0.39 is 5.79 Å². The molecule has 0 saturated carbocycles. The molecule has 0 atom stereocenters. The van der Waals surface area contributed by atoms with Crippen LogP contribution >= 0.6 is 11.9 Å². The molecule has 0 radical (unpaired) electrons. The lowest BCUT2D eigenvalue weighted by atomic mass is 9.99. The smallest absolute Gasteiger partial charge is 0.213 e. The fraction of sp³-hybridized carbons (Fsp3) is 0.240. The lowest BCUT2D eigenvalue weighted by Crippen LogP contribution is -2.49. The number of hydrogen-bond acceptors (Lipinski definition) is 5. The van der Waals surface area contributed by atoms with Crippen LogP contribution in [0.25, 0.3) is 11.1 Å². The number of rotatable bonds is 4. The van der Waals surface area contributed by atoms with Crippen molar-refractivity contribution >= 4 is 18.2 Å². The second-order valence-corrected chi connectivity index (χ2v) is 8.87. The number of piperidine rings is 1. The van der Waals surface area contributed by atoms with Crippen molar-refractivity contribution < 1.29 is 14.3 Å². The number of carbonyl (C=O) groups excluding carboxylic acids is 1. The summed E-state index contributed by atoms with van der Waals surface area (Å²) in [5, 5.41) is 0. The number of benzene rings is 3. The summed E-state index contributed by atoms with van der Waals surface area (Å²) in [4.78, 5) is 12.1. The lowest BCUT2D eigenvalue weighted by Gasteiger charge is -2.43. The predicted molar refractivity (Wildman–Crippen MR) is 119 cm³/mol. The average molecular weight is 418 g/mol. The van der Waals surface area contributed by atoms with Gasteiger partial charge in [0.2, 0.25) is 5.79 Å². The summed E-state index contributed by atoms with van der Waals surface area (Å²) < 4.78 is 15.0. The summed E-state index contributed by atoms with van der Waals surface area (Å²) in [6.07, 6.45) is 2.56. The summed E-state index contributed by atoms with van der Waals surface area (Å²) in [5.41, 5.74) is 3.93. The zero-order chi connectivity index (χ0) is 20.4. The number of nitrogens with zero attached hydrogens (tertiary/aromatic N) is 1. The van der Waals surface area contributed by atoms with Gasteiger partial charge in [0.05, 0.1) is 6.61 Å². The zero-order valence-corrected chi connectivity index (χ0v) is 17.4. The van der Waals surface area contributed by atoms with Crippen LogP contribution in [-0.4, -0.2) is 29.5 Å². The molecule has 5 rings (SSSR count). The molecule has 1 spiro atoms. The minimum Gasteiger partial charge on any atom is -0.462 e. The van der Waals surface area contributed by atoms with E-state index in [1.807, 2.05) is 36.4 Å². The third-order valence-electron chi connectivity index (χ3n) is 5.69. The Morgan fingerprint density at radius 2 is 1.63 bits per heavy atom. The van der Waals surface area contributed by atoms with Crippen molar-refractivity contribution in [3.8, 4) is 16.9 Å². The van der Waals surface area contributed by atoms with E-state index >= 15 is 0 Å². The van der Waals surface area contributed by atoms with Gasteiger partial charge in [-0.2, -0.15) is 0 Å². The first-order chi connectivity index (χ1) is 14.7. The molecule has 2 aliphatic heterocycles. The summed E-state index contributed by atoms with van der Waals surface area (Å²) in [5.74, 6) is 0.395. The van der Waals surface area contributed by atoms with Crippen LogP contribution < -0.4 is 4.74 Å². The number of hydrogen-bond donors (Lipinski definition) is 0. The maximum absolute atomic E-state index is 10.9. The number of fused-ring (bicyclic) bond motifs is 1. The SMILES string of the molecule is O=Cc1ccc(-c2ccc3c(c2)COC2(CCN(Sc4ccccc4)CC2)O3)cc1. The second kappa shape index (κ2) is 8.26. The molecule has 1 fully saturated rings. The number of aldehydes is 1. The van der Waals surface area contributed by atoms with E-state index in [1.54, 1.807) is 11.9 Å². The van der Waals surface area contributed by atoms with E-state index in [0.29, 0.717) is 12.2 Å². The van der Waals surface area contributed by atoms with Crippen LogP contribution in [0, 0.1) is 0 Å². The van der Waals surface area contributed by atoms with Gasteiger partial charge in [-0.3, -0.25) is 4.79 Å². The van der Waals surface area contributed by atoms with Gasteiger partial charge >= 0.3 is 0 Å². The molecule has 3 aromatic rings. The molecule has 0 bridgehead atoms. The molecule has 1 saturated heterocycles. The molecule has 0 N–H and O–H groups in total. The molecule has 3 aromatic carbocycles. The number of carbonyl (C=O) groups is 1. The largest absolute Gasteiger partial charge is 0.462 e. The van der Waals surface area contributed by atoms with Crippen molar-refractivity contribution in [1.29, 1.82) is 0 Å². The first-order valence-electron chi connectivity index (χ1n) is 10.2. The van der Waals surface area contributed by atoms with Crippen molar-refractivity contribution in [2.75, 3.05) is 13.1 Å². The molecular formula is C25H23NO3S. The van der Waals surface area contributed by atoms with Crippen molar-refractivity contribution in [2.45, 2.75) is 30.1 Å². The van der Waals surface area contributed by atoms with Crippen LogP contribution in [0.4, 0.5) is 0 Å². The van der Waals surface area contributed by atoms with Crippen LogP contribution in [0.1, 0.15) is 28.8 Å². The highest BCUT2D eigenvalue weighted by molar-refractivity contribution is 7.97. The Labute approximate surface area is 180 Å². The van der Waals surface area contributed by atoms with Gasteiger partial charge in [0, 0.05) is 42.0 Å². The third kappa shape index (κ3) is 4.01. The Morgan fingerprint density at radius 3 is 2.37 bits per heavy atom. The van der Waals surface area contributed by atoms with E-state index in [2.05, 4.69) is 40.7 Å². The van der Waals surface area contributed by atoms with Gasteiger partial charge in [0.25, 0.3) is 0 Å². The van der Waals surface area contributed by atoms with E-state index in [-0.39, 0.29) is 0 Å². The van der Waals surface area contributed by atoms with Gasteiger partial charge in [-0.15, -0.1) is 0 Å². The van der Waals surface area contributed by atoms with E-state index in [0.717, 1.165) is 54.7 Å². The van der Waals surface area contributed by atoms with Crippen molar-refractivity contribution in [3.05, 3.63) is 83.9 Å². The van der Waals surface area contributed by atoms with Crippen molar-refractivity contribution in [2.24, 2.45) is 0 Å². The average Bonchev–Trinajstić information content (AvgIpc) is 2.81. The first-order valence-corrected chi connectivity index (χ1v) is 11.0. The minimum atomic E-state index is -0.520. The van der Waals surface area contributed by atoms with E-state index in [4.69, 9.17) is 9.47 Å². The number of ether oxygens (including phenoxy) is 2. The molecule has 0 unspecified atom stereocenters. The minimum absolute atomic E-state index is 0.520. The van der Waals surface area contributed by atoms with Crippen LogP contribution in [-0.2, 0) is 11.3 Å².